The zero-order valence-electron chi connectivity index (χ0n) is 15.1. The van der Waals surface area contributed by atoms with Crippen molar-refractivity contribution in [1.82, 2.24) is 14.6 Å². The molecule has 7 heteroatoms. The number of hydrogen-bond acceptors (Lipinski definition) is 6. The number of aromatic nitrogens is 1. The van der Waals surface area contributed by atoms with E-state index in [-0.39, 0.29) is 17.8 Å². The van der Waals surface area contributed by atoms with Crippen molar-refractivity contribution < 1.29 is 4.79 Å². The Morgan fingerprint density at radius 3 is 2.72 bits per heavy atom. The number of hydrogen-bond donors (Lipinski definition) is 3. The highest BCUT2D eigenvalue weighted by Gasteiger charge is 2.19. The average Bonchev–Trinajstić information content (AvgIpc) is 2.92. The van der Waals surface area contributed by atoms with Crippen molar-refractivity contribution in [2.45, 2.75) is 32.9 Å². The Kier molecular flexibility index (Phi) is 7.21. The Bertz CT molecular complexity index is 671. The van der Waals surface area contributed by atoms with E-state index < -0.39 is 0 Å². The molecule has 1 heterocycles. The zero-order chi connectivity index (χ0) is 18.2. The fraction of sp³-hybridized carbons (Fsp3) is 0.444. The van der Waals surface area contributed by atoms with Crippen LogP contribution in [0.25, 0.3) is 0 Å². The molecular weight excluding hydrogens is 334 g/mol. The molecule has 0 atom stereocenters. The molecule has 0 spiro atoms. The number of nitrogens with two attached hydrogens (primary N) is 1. The van der Waals surface area contributed by atoms with Crippen LogP contribution in [0.2, 0.25) is 0 Å². The van der Waals surface area contributed by atoms with E-state index in [9.17, 15) is 4.79 Å². The molecule has 136 valence electrons. The Labute approximate surface area is 153 Å². The number of benzene rings is 1. The van der Waals surface area contributed by atoms with Gasteiger partial charge in [-0.05, 0) is 51.0 Å². The van der Waals surface area contributed by atoms with Gasteiger partial charge in [0.25, 0.3) is 5.91 Å². The summed E-state index contributed by atoms with van der Waals surface area (Å²) >= 11 is 1.23. The summed E-state index contributed by atoms with van der Waals surface area (Å²) in [7, 11) is 2.11. The van der Waals surface area contributed by atoms with Gasteiger partial charge in [-0.3, -0.25) is 4.79 Å². The van der Waals surface area contributed by atoms with E-state index in [1.165, 1.54) is 17.1 Å². The van der Waals surface area contributed by atoms with Crippen LogP contribution < -0.4 is 16.4 Å². The predicted octanol–water partition coefficient (Wildman–Crippen LogP) is 2.80. The van der Waals surface area contributed by atoms with Crippen LogP contribution >= 0.6 is 11.5 Å². The normalized spacial score (nSPS) is 11.1. The minimum atomic E-state index is -0.176. The summed E-state index contributed by atoms with van der Waals surface area (Å²) in [4.78, 5) is 14.5. The van der Waals surface area contributed by atoms with Crippen LogP contribution in [0.1, 0.15) is 36.2 Å². The van der Waals surface area contributed by atoms with Gasteiger partial charge in [0.05, 0.1) is 0 Å². The number of nitrogens with zero attached hydrogens (tertiary/aromatic N) is 2. The van der Waals surface area contributed by atoms with Gasteiger partial charge in [0.1, 0.15) is 10.6 Å². The molecule has 1 amide bonds. The lowest BCUT2D eigenvalue weighted by Gasteiger charge is -2.17. The Balaban J connectivity index is 1.79. The first-order chi connectivity index (χ1) is 12.0. The molecule has 0 aliphatic heterocycles. The van der Waals surface area contributed by atoms with Gasteiger partial charge in [-0.2, -0.15) is 4.37 Å². The fourth-order valence-electron chi connectivity index (χ4n) is 2.50. The van der Waals surface area contributed by atoms with Gasteiger partial charge in [0.15, 0.2) is 5.82 Å². The monoisotopic (exact) mass is 361 g/mol. The van der Waals surface area contributed by atoms with E-state index in [1.54, 1.807) is 0 Å². The summed E-state index contributed by atoms with van der Waals surface area (Å²) in [5, 5.41) is 6.90. The van der Waals surface area contributed by atoms with Crippen LogP contribution in [-0.2, 0) is 6.54 Å². The lowest BCUT2D eigenvalue weighted by Crippen LogP contribution is -2.31. The second kappa shape index (κ2) is 9.39. The molecule has 1 aromatic carbocycles. The highest BCUT2D eigenvalue weighted by atomic mass is 32.1. The minimum Gasteiger partial charge on any atom is -0.382 e. The van der Waals surface area contributed by atoms with Crippen molar-refractivity contribution in [3.63, 3.8) is 0 Å². The number of rotatable bonds is 9. The lowest BCUT2D eigenvalue weighted by molar-refractivity contribution is 0.0945. The Morgan fingerprint density at radius 1 is 1.32 bits per heavy atom. The quantitative estimate of drug-likeness (QED) is 0.598. The summed E-state index contributed by atoms with van der Waals surface area (Å²) in [5.74, 6) is 0.108. The molecule has 25 heavy (non-hydrogen) atoms. The SMILES string of the molecule is CC(C)NC(=O)c1c(N)nsc1NCCCN(C)Cc1ccccc1. The van der Waals surface area contributed by atoms with Crippen molar-refractivity contribution in [3.8, 4) is 0 Å². The van der Waals surface area contributed by atoms with Gasteiger partial charge < -0.3 is 21.3 Å². The first-order valence-corrected chi connectivity index (χ1v) is 9.27. The third kappa shape index (κ3) is 6.03. The number of anilines is 2. The fourth-order valence-corrected chi connectivity index (χ4v) is 3.24. The summed E-state index contributed by atoms with van der Waals surface area (Å²) in [6.07, 6.45) is 0.965. The highest BCUT2D eigenvalue weighted by molar-refractivity contribution is 7.11. The van der Waals surface area contributed by atoms with E-state index in [2.05, 4.69) is 51.2 Å². The van der Waals surface area contributed by atoms with Crippen LogP contribution in [0.3, 0.4) is 0 Å². The number of carbonyl (C=O) groups excluding carboxylic acids is 1. The Hall–Kier alpha value is -2.12. The smallest absolute Gasteiger partial charge is 0.258 e. The van der Waals surface area contributed by atoms with Gasteiger partial charge in [0, 0.05) is 19.1 Å². The van der Waals surface area contributed by atoms with Crippen molar-refractivity contribution in [3.05, 3.63) is 41.5 Å². The molecule has 2 rings (SSSR count). The predicted molar refractivity (Wildman–Crippen MR) is 105 cm³/mol. The number of nitrogen functional groups attached to an aromatic ring is 1. The molecule has 0 saturated heterocycles. The van der Waals surface area contributed by atoms with Gasteiger partial charge >= 0.3 is 0 Å². The highest BCUT2D eigenvalue weighted by Crippen LogP contribution is 2.26. The van der Waals surface area contributed by atoms with Crippen LogP contribution in [0.4, 0.5) is 10.8 Å². The van der Waals surface area contributed by atoms with Crippen molar-refractivity contribution >= 4 is 28.3 Å². The van der Waals surface area contributed by atoms with E-state index in [0.29, 0.717) is 5.56 Å². The third-order valence-corrected chi connectivity index (χ3v) is 4.48. The van der Waals surface area contributed by atoms with E-state index >= 15 is 0 Å². The molecule has 2 aromatic rings. The van der Waals surface area contributed by atoms with Crippen LogP contribution in [0, 0.1) is 0 Å². The largest absolute Gasteiger partial charge is 0.382 e. The van der Waals surface area contributed by atoms with Gasteiger partial charge in [-0.15, -0.1) is 0 Å². The van der Waals surface area contributed by atoms with E-state index in [4.69, 9.17) is 5.73 Å². The van der Waals surface area contributed by atoms with Crippen LogP contribution in [0.5, 0.6) is 0 Å². The Morgan fingerprint density at radius 2 is 2.04 bits per heavy atom. The van der Waals surface area contributed by atoms with Crippen molar-refractivity contribution in [1.29, 1.82) is 0 Å². The number of nitrogens with one attached hydrogen (secondary N) is 2. The summed E-state index contributed by atoms with van der Waals surface area (Å²) < 4.78 is 4.10. The molecule has 0 aliphatic carbocycles. The van der Waals surface area contributed by atoms with E-state index in [0.717, 1.165) is 31.1 Å². The number of carbonyl (C=O) groups is 1. The number of amides is 1. The van der Waals surface area contributed by atoms with Gasteiger partial charge in [-0.1, -0.05) is 30.3 Å². The second-order valence-corrected chi connectivity index (χ2v) is 7.18. The molecule has 4 N–H and O–H groups in total. The van der Waals surface area contributed by atoms with Crippen molar-refractivity contribution in [2.75, 3.05) is 31.2 Å². The van der Waals surface area contributed by atoms with Crippen LogP contribution in [-0.4, -0.2) is 41.4 Å². The lowest BCUT2D eigenvalue weighted by atomic mass is 10.2. The van der Waals surface area contributed by atoms with Gasteiger partial charge in [0.2, 0.25) is 0 Å². The average molecular weight is 362 g/mol. The molecule has 1 aromatic heterocycles. The first kappa shape index (κ1) is 19.2. The maximum absolute atomic E-state index is 12.2. The van der Waals surface area contributed by atoms with Crippen LogP contribution in [0.15, 0.2) is 30.3 Å². The summed E-state index contributed by atoms with van der Waals surface area (Å²) in [6.45, 7) is 6.50. The molecule has 0 unspecified atom stereocenters. The van der Waals surface area contributed by atoms with E-state index in [1.807, 2.05) is 19.9 Å². The molecule has 0 aliphatic rings. The zero-order valence-corrected chi connectivity index (χ0v) is 15.9. The molecule has 0 radical (unpaired) electrons. The second-order valence-electron chi connectivity index (χ2n) is 6.40. The molecule has 0 saturated carbocycles. The van der Waals surface area contributed by atoms with Gasteiger partial charge in [-0.25, -0.2) is 0 Å². The topological polar surface area (TPSA) is 83.3 Å². The maximum atomic E-state index is 12.2. The molecular formula is C18H27N5OS. The first-order valence-electron chi connectivity index (χ1n) is 8.49. The summed E-state index contributed by atoms with van der Waals surface area (Å²) in [5.41, 5.74) is 7.61. The maximum Gasteiger partial charge on any atom is 0.258 e. The third-order valence-electron chi connectivity index (χ3n) is 3.66. The summed E-state index contributed by atoms with van der Waals surface area (Å²) in [6, 6.07) is 10.5. The molecule has 0 fully saturated rings. The standard InChI is InChI=1S/C18H27N5OS/c1-13(2)21-17(24)15-16(19)22-25-18(15)20-10-7-11-23(3)12-14-8-5-4-6-9-14/h4-6,8-9,13,20H,7,10-12H2,1-3H3,(H2,19,22)(H,21,24). The molecule has 0 bridgehead atoms. The minimum absolute atomic E-state index is 0.0614. The molecule has 6 nitrogen and oxygen atoms in total. The van der Waals surface area contributed by atoms with Crippen molar-refractivity contribution in [2.24, 2.45) is 0 Å².